The number of Topliss-reactive ketones (excluding diaryl/α,β-unsaturated/α-hetero) is 1. The van der Waals surface area contributed by atoms with Crippen molar-refractivity contribution in [1.82, 2.24) is 9.80 Å². The van der Waals surface area contributed by atoms with E-state index in [4.69, 9.17) is 4.74 Å². The lowest BCUT2D eigenvalue weighted by Crippen LogP contribution is -2.38. The lowest BCUT2D eigenvalue weighted by Gasteiger charge is -2.28. The van der Waals surface area contributed by atoms with Gasteiger partial charge in [-0.05, 0) is 67.5 Å². The van der Waals surface area contributed by atoms with Gasteiger partial charge in [0, 0.05) is 18.7 Å². The van der Waals surface area contributed by atoms with Crippen LogP contribution in [-0.4, -0.2) is 52.8 Å². The minimum Gasteiger partial charge on any atom is -0.507 e. The second-order valence-corrected chi connectivity index (χ2v) is 9.37. The highest BCUT2D eigenvalue weighted by Crippen LogP contribution is 2.39. The molecule has 3 aromatic carbocycles. The van der Waals surface area contributed by atoms with Gasteiger partial charge in [0.05, 0.1) is 11.6 Å². The fraction of sp³-hybridized carbons (Fsp3) is 0.290. The molecule has 4 rings (SSSR count). The Balaban J connectivity index is 1.63. The molecule has 0 bridgehead atoms. The number of carbonyl (C=O) groups is 2. The van der Waals surface area contributed by atoms with E-state index < -0.39 is 23.5 Å². The van der Waals surface area contributed by atoms with Crippen molar-refractivity contribution in [1.29, 1.82) is 0 Å². The minimum atomic E-state index is -0.816. The van der Waals surface area contributed by atoms with E-state index >= 15 is 0 Å². The van der Waals surface area contributed by atoms with Gasteiger partial charge in [0.25, 0.3) is 11.7 Å². The van der Waals surface area contributed by atoms with Crippen LogP contribution >= 0.6 is 0 Å². The molecule has 1 saturated heterocycles. The topological polar surface area (TPSA) is 70.1 Å². The maximum absolute atomic E-state index is 13.7. The number of hydrogen-bond acceptors (Lipinski definition) is 5. The molecule has 1 heterocycles. The lowest BCUT2D eigenvalue weighted by molar-refractivity contribution is -0.140. The Labute approximate surface area is 223 Å². The molecular formula is C31H33FN2O4. The number of amides is 1. The zero-order valence-corrected chi connectivity index (χ0v) is 22.0. The van der Waals surface area contributed by atoms with Crippen molar-refractivity contribution in [2.45, 2.75) is 33.4 Å². The molecule has 1 aliphatic heterocycles. The summed E-state index contributed by atoms with van der Waals surface area (Å²) in [7, 11) is 0. The first-order valence-corrected chi connectivity index (χ1v) is 12.9. The first kappa shape index (κ1) is 27.1. The van der Waals surface area contributed by atoms with Gasteiger partial charge in [0.15, 0.2) is 0 Å². The molecule has 0 aliphatic carbocycles. The molecule has 0 spiro atoms. The van der Waals surface area contributed by atoms with Crippen LogP contribution in [0.1, 0.15) is 42.1 Å². The van der Waals surface area contributed by atoms with Crippen LogP contribution in [0, 0.1) is 12.7 Å². The summed E-state index contributed by atoms with van der Waals surface area (Å²) in [6.07, 6.45) is 0. The number of carbonyl (C=O) groups excluding carboxylic acids is 2. The van der Waals surface area contributed by atoms with E-state index in [0.29, 0.717) is 36.6 Å². The number of ether oxygens (including phenoxy) is 1. The molecule has 198 valence electrons. The van der Waals surface area contributed by atoms with Crippen LogP contribution in [0.2, 0.25) is 0 Å². The summed E-state index contributed by atoms with van der Waals surface area (Å²) >= 11 is 0. The van der Waals surface area contributed by atoms with Crippen LogP contribution < -0.4 is 4.74 Å². The number of halogens is 1. The number of benzene rings is 3. The van der Waals surface area contributed by atoms with Crippen molar-refractivity contribution in [2.24, 2.45) is 0 Å². The Kier molecular flexibility index (Phi) is 8.59. The predicted octanol–water partition coefficient (Wildman–Crippen LogP) is 5.48. The number of likely N-dealkylation sites (N-methyl/N-ethyl adjacent to an activating group) is 1. The molecule has 3 aromatic rings. The van der Waals surface area contributed by atoms with Crippen molar-refractivity contribution in [2.75, 3.05) is 26.2 Å². The Morgan fingerprint density at radius 1 is 1.00 bits per heavy atom. The molecule has 38 heavy (non-hydrogen) atoms. The van der Waals surface area contributed by atoms with Gasteiger partial charge in [-0.1, -0.05) is 55.8 Å². The second-order valence-electron chi connectivity index (χ2n) is 9.37. The van der Waals surface area contributed by atoms with E-state index in [0.717, 1.165) is 24.2 Å². The smallest absolute Gasteiger partial charge is 0.295 e. The zero-order valence-electron chi connectivity index (χ0n) is 22.0. The second kappa shape index (κ2) is 12.0. The Morgan fingerprint density at radius 2 is 1.68 bits per heavy atom. The molecular weight excluding hydrogens is 483 g/mol. The van der Waals surface area contributed by atoms with Gasteiger partial charge in [-0.25, -0.2) is 4.39 Å². The quantitative estimate of drug-likeness (QED) is 0.220. The van der Waals surface area contributed by atoms with Crippen LogP contribution in [0.15, 0.2) is 78.4 Å². The first-order chi connectivity index (χ1) is 18.3. The van der Waals surface area contributed by atoms with Gasteiger partial charge in [0.1, 0.15) is 23.9 Å². The van der Waals surface area contributed by atoms with Gasteiger partial charge < -0.3 is 19.6 Å². The van der Waals surface area contributed by atoms with Gasteiger partial charge in [0.2, 0.25) is 0 Å². The third-order valence-corrected chi connectivity index (χ3v) is 6.89. The normalized spacial score (nSPS) is 16.9. The largest absolute Gasteiger partial charge is 0.507 e. The van der Waals surface area contributed by atoms with Gasteiger partial charge in [-0.15, -0.1) is 0 Å². The summed E-state index contributed by atoms with van der Waals surface area (Å²) in [4.78, 5) is 29.9. The number of aryl methyl sites for hydroxylation is 1. The Hall–Kier alpha value is -3.97. The van der Waals surface area contributed by atoms with Crippen molar-refractivity contribution >= 4 is 17.4 Å². The van der Waals surface area contributed by atoms with Crippen LogP contribution in [0.4, 0.5) is 4.39 Å². The number of aliphatic hydroxyl groups excluding tert-OH is 1. The highest BCUT2D eigenvalue weighted by Gasteiger charge is 2.45. The maximum atomic E-state index is 13.7. The summed E-state index contributed by atoms with van der Waals surface area (Å²) in [5.41, 5.74) is 3.14. The molecule has 7 heteroatoms. The lowest BCUT2D eigenvalue weighted by atomic mass is 9.95. The molecule has 1 atom stereocenters. The fourth-order valence-corrected chi connectivity index (χ4v) is 4.72. The van der Waals surface area contributed by atoms with Crippen LogP contribution in [0.3, 0.4) is 0 Å². The van der Waals surface area contributed by atoms with Crippen LogP contribution in [-0.2, 0) is 16.2 Å². The molecule has 1 amide bonds. The molecule has 6 nitrogen and oxygen atoms in total. The molecule has 1 fully saturated rings. The highest BCUT2D eigenvalue weighted by molar-refractivity contribution is 6.46. The third-order valence-electron chi connectivity index (χ3n) is 6.89. The summed E-state index contributed by atoms with van der Waals surface area (Å²) in [6.45, 7) is 8.97. The number of likely N-dealkylation sites (tertiary alicyclic amines) is 1. The number of nitrogens with zero attached hydrogens (tertiary/aromatic N) is 2. The summed E-state index contributed by atoms with van der Waals surface area (Å²) in [6, 6.07) is 19.6. The number of hydrogen-bond donors (Lipinski definition) is 1. The maximum Gasteiger partial charge on any atom is 0.295 e. The zero-order chi connectivity index (χ0) is 27.2. The van der Waals surface area contributed by atoms with Crippen molar-refractivity contribution < 1.29 is 23.8 Å². The van der Waals surface area contributed by atoms with Gasteiger partial charge >= 0.3 is 0 Å². The summed E-state index contributed by atoms with van der Waals surface area (Å²) in [5, 5.41) is 11.3. The number of aliphatic hydroxyl groups is 1. The standard InChI is InChI=1S/C31H33FN2O4/c1-4-33(5-2)17-18-34-28(23-9-13-25(32)14-10-23)27(30(36)31(34)37)29(35)24-11-15-26(16-12-24)38-20-22-8-6-7-21(3)19-22/h6-16,19,28,35H,4-5,17-18,20H2,1-3H3/b29-27+. The van der Waals surface area contributed by atoms with Gasteiger partial charge in [-0.3, -0.25) is 9.59 Å². The van der Waals surface area contributed by atoms with Crippen LogP contribution in [0.25, 0.3) is 5.76 Å². The Bertz CT molecular complexity index is 1310. The monoisotopic (exact) mass is 516 g/mol. The predicted molar refractivity (Wildman–Crippen MR) is 145 cm³/mol. The fourth-order valence-electron chi connectivity index (χ4n) is 4.72. The summed E-state index contributed by atoms with van der Waals surface area (Å²) < 4.78 is 19.6. The average Bonchev–Trinajstić information content (AvgIpc) is 3.18. The minimum absolute atomic E-state index is 0.00501. The molecule has 0 radical (unpaired) electrons. The molecule has 0 saturated carbocycles. The van der Waals surface area contributed by atoms with E-state index in [1.54, 1.807) is 36.4 Å². The van der Waals surface area contributed by atoms with E-state index in [1.165, 1.54) is 17.0 Å². The van der Waals surface area contributed by atoms with E-state index in [1.807, 2.05) is 39.0 Å². The molecule has 1 unspecified atom stereocenters. The Morgan fingerprint density at radius 3 is 2.32 bits per heavy atom. The molecule has 1 aliphatic rings. The molecule has 0 aromatic heterocycles. The average molecular weight is 517 g/mol. The van der Waals surface area contributed by atoms with Gasteiger partial charge in [-0.2, -0.15) is 0 Å². The third kappa shape index (κ3) is 5.94. The van der Waals surface area contributed by atoms with E-state index in [-0.39, 0.29) is 11.3 Å². The van der Waals surface area contributed by atoms with Crippen LogP contribution in [0.5, 0.6) is 5.75 Å². The number of rotatable bonds is 10. The highest BCUT2D eigenvalue weighted by atomic mass is 19.1. The van der Waals surface area contributed by atoms with Crippen molar-refractivity contribution in [3.63, 3.8) is 0 Å². The van der Waals surface area contributed by atoms with E-state index in [2.05, 4.69) is 11.0 Å². The summed E-state index contributed by atoms with van der Waals surface area (Å²) in [5.74, 6) is -1.51. The van der Waals surface area contributed by atoms with Crippen molar-refractivity contribution in [3.05, 3.63) is 106 Å². The van der Waals surface area contributed by atoms with Crippen molar-refractivity contribution in [3.8, 4) is 5.75 Å². The van der Waals surface area contributed by atoms with E-state index in [9.17, 15) is 19.1 Å². The first-order valence-electron chi connectivity index (χ1n) is 12.9. The molecule has 1 N–H and O–H groups in total. The number of ketones is 1. The SMILES string of the molecule is CCN(CC)CCN1C(=O)C(=O)/C(=C(/O)c2ccc(OCc3cccc(C)c3)cc2)C1c1ccc(F)cc1.